The molecule has 0 aliphatic rings. The van der Waals surface area contributed by atoms with Gasteiger partial charge in [0, 0.05) is 41.6 Å². The summed E-state index contributed by atoms with van der Waals surface area (Å²) in [5.74, 6) is 0.961. The van der Waals surface area contributed by atoms with Crippen LogP contribution in [0.5, 0.6) is 0 Å². The van der Waals surface area contributed by atoms with Gasteiger partial charge in [-0.25, -0.2) is 4.98 Å². The van der Waals surface area contributed by atoms with E-state index in [-0.39, 0.29) is 0 Å². The first kappa shape index (κ1) is 13.1. The van der Waals surface area contributed by atoms with Crippen molar-refractivity contribution >= 4 is 21.6 Å². The van der Waals surface area contributed by atoms with Crippen LogP contribution in [0.4, 0.5) is 5.69 Å². The predicted octanol–water partition coefficient (Wildman–Crippen LogP) is 2.43. The Kier molecular flexibility index (Phi) is 4.04. The van der Waals surface area contributed by atoms with Crippen molar-refractivity contribution in [3.63, 3.8) is 0 Å². The van der Waals surface area contributed by atoms with Crippen LogP contribution < -0.4 is 5.73 Å². The first-order chi connectivity index (χ1) is 8.58. The number of aliphatic hydroxyl groups is 1. The Balaban J connectivity index is 2.06. The molecule has 0 fully saturated rings. The second-order valence-electron chi connectivity index (χ2n) is 4.28. The van der Waals surface area contributed by atoms with Gasteiger partial charge in [-0.2, -0.15) is 0 Å². The number of aliphatic hydroxyl groups excluding tert-OH is 1. The summed E-state index contributed by atoms with van der Waals surface area (Å²) in [5, 5.41) is 10.2. The van der Waals surface area contributed by atoms with E-state index in [1.807, 2.05) is 29.9 Å². The van der Waals surface area contributed by atoms with Crippen molar-refractivity contribution in [1.29, 1.82) is 0 Å². The second kappa shape index (κ2) is 5.54. The molecule has 0 spiro atoms. The van der Waals surface area contributed by atoms with Crippen molar-refractivity contribution < 1.29 is 5.11 Å². The van der Waals surface area contributed by atoms with Crippen molar-refractivity contribution in [2.75, 3.05) is 5.73 Å². The fourth-order valence-corrected chi connectivity index (χ4v) is 2.27. The van der Waals surface area contributed by atoms with Crippen molar-refractivity contribution in [2.24, 2.45) is 7.05 Å². The number of benzene rings is 1. The van der Waals surface area contributed by atoms with E-state index in [1.54, 1.807) is 12.3 Å². The Morgan fingerprint density at radius 2 is 2.28 bits per heavy atom. The van der Waals surface area contributed by atoms with Gasteiger partial charge in [0.2, 0.25) is 0 Å². The molecule has 1 unspecified atom stereocenters. The van der Waals surface area contributed by atoms with E-state index < -0.39 is 6.10 Å². The summed E-state index contributed by atoms with van der Waals surface area (Å²) < 4.78 is 2.87. The maximum absolute atomic E-state index is 10.2. The monoisotopic (exact) mass is 309 g/mol. The summed E-state index contributed by atoms with van der Waals surface area (Å²) in [5.41, 5.74) is 7.25. The van der Waals surface area contributed by atoms with Crippen LogP contribution in [0.3, 0.4) is 0 Å². The molecule has 0 aliphatic heterocycles. The molecule has 2 aromatic rings. The van der Waals surface area contributed by atoms with Gasteiger partial charge in [0.1, 0.15) is 5.82 Å². The number of aromatic nitrogens is 2. The lowest BCUT2D eigenvalue weighted by molar-refractivity contribution is 0.167. The normalized spacial score (nSPS) is 12.6. The molecule has 0 amide bonds. The number of nitrogens with zero attached hydrogens (tertiary/aromatic N) is 2. The summed E-state index contributed by atoms with van der Waals surface area (Å²) in [6, 6.07) is 5.52. The SMILES string of the molecule is Cn1ccnc1CCC(O)c1cc(Br)ccc1N. The highest BCUT2D eigenvalue weighted by atomic mass is 79.9. The van der Waals surface area contributed by atoms with E-state index in [0.29, 0.717) is 12.1 Å². The molecular weight excluding hydrogens is 294 g/mol. The molecule has 0 radical (unpaired) electrons. The fourth-order valence-electron chi connectivity index (χ4n) is 1.89. The predicted molar refractivity (Wildman–Crippen MR) is 75.0 cm³/mol. The van der Waals surface area contributed by atoms with E-state index in [9.17, 15) is 5.11 Å². The van der Waals surface area contributed by atoms with E-state index in [1.165, 1.54) is 0 Å². The third-order valence-corrected chi connectivity index (χ3v) is 3.46. The van der Waals surface area contributed by atoms with Gasteiger partial charge in [-0.05, 0) is 24.6 Å². The Hall–Kier alpha value is -1.33. The number of hydrogen-bond donors (Lipinski definition) is 2. The van der Waals surface area contributed by atoms with Crippen molar-refractivity contribution in [1.82, 2.24) is 9.55 Å². The molecule has 1 atom stereocenters. The van der Waals surface area contributed by atoms with Crippen LogP contribution >= 0.6 is 15.9 Å². The van der Waals surface area contributed by atoms with E-state index in [0.717, 1.165) is 22.3 Å². The summed E-state index contributed by atoms with van der Waals surface area (Å²) in [6.07, 6.45) is 4.41. The van der Waals surface area contributed by atoms with Crippen molar-refractivity contribution in [2.45, 2.75) is 18.9 Å². The highest BCUT2D eigenvalue weighted by Crippen LogP contribution is 2.27. The molecule has 4 nitrogen and oxygen atoms in total. The van der Waals surface area contributed by atoms with Gasteiger partial charge in [0.05, 0.1) is 6.10 Å². The summed E-state index contributed by atoms with van der Waals surface area (Å²) >= 11 is 3.38. The molecule has 96 valence electrons. The van der Waals surface area contributed by atoms with Gasteiger partial charge in [-0.1, -0.05) is 15.9 Å². The molecule has 18 heavy (non-hydrogen) atoms. The second-order valence-corrected chi connectivity index (χ2v) is 5.20. The first-order valence-electron chi connectivity index (χ1n) is 5.77. The van der Waals surface area contributed by atoms with Crippen LogP contribution in [0, 0.1) is 0 Å². The Labute approximate surface area is 115 Å². The number of nitrogens with two attached hydrogens (primary N) is 1. The van der Waals surface area contributed by atoms with E-state index in [4.69, 9.17) is 5.73 Å². The van der Waals surface area contributed by atoms with Gasteiger partial charge in [0.15, 0.2) is 0 Å². The quantitative estimate of drug-likeness (QED) is 0.853. The molecule has 0 saturated heterocycles. The van der Waals surface area contributed by atoms with Crippen LogP contribution in [0.25, 0.3) is 0 Å². The zero-order valence-electron chi connectivity index (χ0n) is 10.2. The summed E-state index contributed by atoms with van der Waals surface area (Å²) in [4.78, 5) is 4.23. The zero-order valence-corrected chi connectivity index (χ0v) is 11.8. The minimum Gasteiger partial charge on any atom is -0.398 e. The third-order valence-electron chi connectivity index (χ3n) is 2.97. The molecule has 1 aromatic carbocycles. The molecule has 0 aliphatic carbocycles. The number of anilines is 1. The Morgan fingerprint density at radius 3 is 2.94 bits per heavy atom. The highest BCUT2D eigenvalue weighted by molar-refractivity contribution is 9.10. The minimum atomic E-state index is -0.570. The van der Waals surface area contributed by atoms with Gasteiger partial charge < -0.3 is 15.4 Å². The lowest BCUT2D eigenvalue weighted by Crippen LogP contribution is -2.06. The molecule has 3 N–H and O–H groups in total. The highest BCUT2D eigenvalue weighted by Gasteiger charge is 2.12. The van der Waals surface area contributed by atoms with Crippen molar-refractivity contribution in [3.05, 3.63) is 46.5 Å². The molecule has 0 saturated carbocycles. The molecule has 2 rings (SSSR count). The molecule has 0 bridgehead atoms. The van der Waals surface area contributed by atoms with Gasteiger partial charge >= 0.3 is 0 Å². The third kappa shape index (κ3) is 2.91. The fraction of sp³-hybridized carbons (Fsp3) is 0.308. The number of halogens is 1. The van der Waals surface area contributed by atoms with Crippen molar-refractivity contribution in [3.8, 4) is 0 Å². The standard InChI is InChI=1S/C13H16BrN3O/c1-17-7-6-16-13(17)5-4-12(18)10-8-9(14)2-3-11(10)15/h2-3,6-8,12,18H,4-5,15H2,1H3. The van der Waals surface area contributed by atoms with E-state index >= 15 is 0 Å². The van der Waals surface area contributed by atoms with Gasteiger partial charge in [-0.15, -0.1) is 0 Å². The summed E-state index contributed by atoms with van der Waals surface area (Å²) in [7, 11) is 1.95. The lowest BCUT2D eigenvalue weighted by Gasteiger charge is -2.13. The Morgan fingerprint density at radius 1 is 1.50 bits per heavy atom. The maximum Gasteiger partial charge on any atom is 0.108 e. The first-order valence-corrected chi connectivity index (χ1v) is 6.56. The number of imidazole rings is 1. The lowest BCUT2D eigenvalue weighted by atomic mass is 10.0. The van der Waals surface area contributed by atoms with Crippen LogP contribution in [0.2, 0.25) is 0 Å². The smallest absolute Gasteiger partial charge is 0.108 e. The van der Waals surface area contributed by atoms with Crippen LogP contribution in [-0.2, 0) is 13.5 Å². The van der Waals surface area contributed by atoms with Crippen LogP contribution in [-0.4, -0.2) is 14.7 Å². The molecule has 5 heteroatoms. The average Bonchev–Trinajstić information content (AvgIpc) is 2.75. The summed E-state index contributed by atoms with van der Waals surface area (Å²) in [6.45, 7) is 0. The van der Waals surface area contributed by atoms with Crippen LogP contribution in [0.15, 0.2) is 35.1 Å². The van der Waals surface area contributed by atoms with Gasteiger partial charge in [0.25, 0.3) is 0 Å². The van der Waals surface area contributed by atoms with Gasteiger partial charge in [-0.3, -0.25) is 0 Å². The Bertz CT molecular complexity index is 539. The minimum absolute atomic E-state index is 0.570. The number of rotatable bonds is 4. The zero-order chi connectivity index (χ0) is 13.1. The molecule has 1 aromatic heterocycles. The van der Waals surface area contributed by atoms with E-state index in [2.05, 4.69) is 20.9 Å². The van der Waals surface area contributed by atoms with Crippen LogP contribution in [0.1, 0.15) is 23.9 Å². The number of aryl methyl sites for hydroxylation is 2. The largest absolute Gasteiger partial charge is 0.398 e. The number of nitrogen functional groups attached to an aromatic ring is 1. The topological polar surface area (TPSA) is 64.1 Å². The number of hydrogen-bond acceptors (Lipinski definition) is 3. The average molecular weight is 310 g/mol. The molecule has 1 heterocycles. The maximum atomic E-state index is 10.2. The molecular formula is C13H16BrN3O.